The second-order valence-electron chi connectivity index (χ2n) is 4.12. The minimum Gasteiger partial charge on any atom is -0.384 e. The molecule has 5 heteroatoms. The summed E-state index contributed by atoms with van der Waals surface area (Å²) in [6, 6.07) is 6.23. The molecule has 1 atom stereocenters. The molecule has 1 unspecified atom stereocenters. The van der Waals surface area contributed by atoms with Gasteiger partial charge >= 0.3 is 0 Å². The van der Waals surface area contributed by atoms with Crippen LogP contribution in [-0.2, 0) is 5.60 Å². The molecule has 0 spiro atoms. The zero-order chi connectivity index (χ0) is 11.6. The number of nitrogens with zero attached hydrogens (tertiary/aromatic N) is 1. The molecule has 0 amide bonds. The van der Waals surface area contributed by atoms with E-state index in [9.17, 15) is 15.2 Å². The Kier molecular flexibility index (Phi) is 2.89. The Morgan fingerprint density at radius 3 is 2.94 bits per heavy atom. The van der Waals surface area contributed by atoms with Crippen molar-refractivity contribution in [2.75, 3.05) is 13.1 Å². The summed E-state index contributed by atoms with van der Waals surface area (Å²) in [5.41, 5.74) is -0.324. The van der Waals surface area contributed by atoms with E-state index in [1.807, 2.05) is 0 Å². The van der Waals surface area contributed by atoms with E-state index in [1.54, 1.807) is 12.1 Å². The molecule has 2 rings (SSSR count). The summed E-state index contributed by atoms with van der Waals surface area (Å²) in [6.07, 6.45) is 1.51. The van der Waals surface area contributed by atoms with Gasteiger partial charge in [0.25, 0.3) is 5.69 Å². The number of piperidine rings is 1. The highest BCUT2D eigenvalue weighted by Crippen LogP contribution is 2.30. The molecular formula is C11H14N2O3. The summed E-state index contributed by atoms with van der Waals surface area (Å²) in [6.45, 7) is 1.34. The molecule has 86 valence electrons. The summed E-state index contributed by atoms with van der Waals surface area (Å²) in [4.78, 5) is 10.2. The Labute approximate surface area is 93.2 Å². The average Bonchev–Trinajstić information content (AvgIpc) is 2.30. The first-order valence-corrected chi connectivity index (χ1v) is 5.30. The molecule has 1 aliphatic heterocycles. The van der Waals surface area contributed by atoms with Crippen LogP contribution in [0.5, 0.6) is 0 Å². The first-order valence-electron chi connectivity index (χ1n) is 5.30. The molecule has 1 aliphatic rings. The minimum atomic E-state index is -0.968. The molecule has 5 nitrogen and oxygen atoms in total. The summed E-state index contributed by atoms with van der Waals surface area (Å²) < 4.78 is 0. The number of non-ortho nitro benzene ring substituents is 1. The fourth-order valence-corrected chi connectivity index (χ4v) is 2.04. The van der Waals surface area contributed by atoms with Crippen LogP contribution in [0.15, 0.2) is 24.3 Å². The van der Waals surface area contributed by atoms with Gasteiger partial charge in [-0.25, -0.2) is 0 Å². The maximum atomic E-state index is 10.6. The molecule has 0 bridgehead atoms. The van der Waals surface area contributed by atoms with Crippen molar-refractivity contribution in [2.24, 2.45) is 0 Å². The minimum absolute atomic E-state index is 0.0245. The molecule has 16 heavy (non-hydrogen) atoms. The van der Waals surface area contributed by atoms with Gasteiger partial charge in [-0.15, -0.1) is 0 Å². The summed E-state index contributed by atoms with van der Waals surface area (Å²) in [5, 5.41) is 24.1. The third-order valence-electron chi connectivity index (χ3n) is 2.96. The summed E-state index contributed by atoms with van der Waals surface area (Å²) in [7, 11) is 0. The molecule has 0 aliphatic carbocycles. The number of hydrogen-bond acceptors (Lipinski definition) is 4. The first-order chi connectivity index (χ1) is 7.62. The Bertz CT molecular complexity index is 400. The molecule has 1 heterocycles. The maximum Gasteiger partial charge on any atom is 0.269 e. The third-order valence-corrected chi connectivity index (χ3v) is 2.96. The molecule has 1 saturated heterocycles. The number of aliphatic hydroxyl groups is 1. The molecule has 0 radical (unpaired) electrons. The van der Waals surface area contributed by atoms with Gasteiger partial charge in [-0.2, -0.15) is 0 Å². The number of nitro benzene ring substituents is 1. The molecule has 1 aromatic carbocycles. The van der Waals surface area contributed by atoms with Gasteiger partial charge in [0.1, 0.15) is 5.60 Å². The predicted octanol–water partition coefficient (Wildman–Crippen LogP) is 1.17. The van der Waals surface area contributed by atoms with Crippen molar-refractivity contribution in [3.8, 4) is 0 Å². The van der Waals surface area contributed by atoms with Crippen LogP contribution in [0.25, 0.3) is 0 Å². The normalized spacial score (nSPS) is 25.3. The van der Waals surface area contributed by atoms with E-state index in [-0.39, 0.29) is 5.69 Å². The number of nitrogens with one attached hydrogen (secondary N) is 1. The van der Waals surface area contributed by atoms with Gasteiger partial charge in [0, 0.05) is 18.7 Å². The summed E-state index contributed by atoms with van der Waals surface area (Å²) >= 11 is 0. The zero-order valence-corrected chi connectivity index (χ0v) is 8.85. The quantitative estimate of drug-likeness (QED) is 0.581. The number of rotatable bonds is 2. The molecule has 0 aromatic heterocycles. The summed E-state index contributed by atoms with van der Waals surface area (Å²) in [5.74, 6) is 0. The van der Waals surface area contributed by atoms with Gasteiger partial charge in [-0.05, 0) is 24.9 Å². The van der Waals surface area contributed by atoms with Crippen molar-refractivity contribution in [3.63, 3.8) is 0 Å². The van der Waals surface area contributed by atoms with Crippen molar-refractivity contribution in [1.82, 2.24) is 5.32 Å². The zero-order valence-electron chi connectivity index (χ0n) is 8.85. The van der Waals surface area contributed by atoms with Crippen LogP contribution in [0, 0.1) is 10.1 Å². The van der Waals surface area contributed by atoms with E-state index >= 15 is 0 Å². The third kappa shape index (κ3) is 2.05. The van der Waals surface area contributed by atoms with Crippen LogP contribution in [0.4, 0.5) is 5.69 Å². The number of nitro groups is 1. The number of hydrogen-bond donors (Lipinski definition) is 2. The molecule has 1 fully saturated rings. The maximum absolute atomic E-state index is 10.6. The largest absolute Gasteiger partial charge is 0.384 e. The van der Waals surface area contributed by atoms with Crippen LogP contribution in [-0.4, -0.2) is 23.1 Å². The van der Waals surface area contributed by atoms with Gasteiger partial charge in [-0.3, -0.25) is 10.1 Å². The van der Waals surface area contributed by atoms with Gasteiger partial charge in [0.15, 0.2) is 0 Å². The van der Waals surface area contributed by atoms with Gasteiger partial charge in [-0.1, -0.05) is 12.1 Å². The second kappa shape index (κ2) is 4.19. The van der Waals surface area contributed by atoms with E-state index in [0.29, 0.717) is 18.5 Å². The highest BCUT2D eigenvalue weighted by molar-refractivity contribution is 5.37. The van der Waals surface area contributed by atoms with Crippen LogP contribution < -0.4 is 5.32 Å². The van der Waals surface area contributed by atoms with E-state index in [4.69, 9.17) is 0 Å². The number of β-amino-alcohol motifs (C(OH)–C–C–N with tert-alkyl or cyclic N) is 1. The molecular weight excluding hydrogens is 208 g/mol. The molecule has 0 saturated carbocycles. The Hall–Kier alpha value is -1.46. The topological polar surface area (TPSA) is 75.4 Å². The van der Waals surface area contributed by atoms with Crippen molar-refractivity contribution in [2.45, 2.75) is 18.4 Å². The highest BCUT2D eigenvalue weighted by Gasteiger charge is 2.31. The lowest BCUT2D eigenvalue weighted by Gasteiger charge is -2.32. The second-order valence-corrected chi connectivity index (χ2v) is 4.12. The SMILES string of the molecule is O=[N+]([O-])c1cccc(C2(O)CCCNC2)c1. The number of benzene rings is 1. The van der Waals surface area contributed by atoms with E-state index in [0.717, 1.165) is 13.0 Å². The predicted molar refractivity (Wildman–Crippen MR) is 59.1 cm³/mol. The lowest BCUT2D eigenvalue weighted by atomic mass is 9.86. The van der Waals surface area contributed by atoms with Crippen molar-refractivity contribution in [1.29, 1.82) is 0 Å². The van der Waals surface area contributed by atoms with Gasteiger partial charge in [0.2, 0.25) is 0 Å². The smallest absolute Gasteiger partial charge is 0.269 e. The Morgan fingerprint density at radius 2 is 2.31 bits per heavy atom. The lowest BCUT2D eigenvalue weighted by molar-refractivity contribution is -0.385. The molecule has 2 N–H and O–H groups in total. The van der Waals surface area contributed by atoms with Gasteiger partial charge in [0.05, 0.1) is 4.92 Å². The van der Waals surface area contributed by atoms with Gasteiger partial charge < -0.3 is 10.4 Å². The van der Waals surface area contributed by atoms with Crippen molar-refractivity contribution >= 4 is 5.69 Å². The molecule has 1 aromatic rings. The fourth-order valence-electron chi connectivity index (χ4n) is 2.04. The van der Waals surface area contributed by atoms with E-state index < -0.39 is 10.5 Å². The van der Waals surface area contributed by atoms with Crippen LogP contribution >= 0.6 is 0 Å². The average molecular weight is 222 g/mol. The van der Waals surface area contributed by atoms with Crippen LogP contribution in [0.2, 0.25) is 0 Å². The van der Waals surface area contributed by atoms with Crippen LogP contribution in [0.1, 0.15) is 18.4 Å². The van der Waals surface area contributed by atoms with Crippen LogP contribution in [0.3, 0.4) is 0 Å². The highest BCUT2D eigenvalue weighted by atomic mass is 16.6. The van der Waals surface area contributed by atoms with E-state index in [1.165, 1.54) is 12.1 Å². The Balaban J connectivity index is 2.31. The fraction of sp³-hybridized carbons (Fsp3) is 0.455. The Morgan fingerprint density at radius 1 is 1.50 bits per heavy atom. The van der Waals surface area contributed by atoms with Crippen molar-refractivity contribution < 1.29 is 10.0 Å². The lowest BCUT2D eigenvalue weighted by Crippen LogP contribution is -2.43. The van der Waals surface area contributed by atoms with Crippen molar-refractivity contribution in [3.05, 3.63) is 39.9 Å². The first kappa shape index (κ1) is 11.0. The monoisotopic (exact) mass is 222 g/mol. The standard InChI is InChI=1S/C11H14N2O3/c14-11(5-2-6-12-8-11)9-3-1-4-10(7-9)13(15)16/h1,3-4,7,12,14H,2,5-6,8H2. The van der Waals surface area contributed by atoms with E-state index in [2.05, 4.69) is 5.32 Å².